The number of carbonyl (C=O) groups excluding carboxylic acids is 1. The topological polar surface area (TPSA) is 103 Å². The molecule has 1 atom stereocenters. The molecular formula is C19H22ClN3O5. The van der Waals surface area contributed by atoms with Gasteiger partial charge in [-0.2, -0.15) is 0 Å². The summed E-state index contributed by atoms with van der Waals surface area (Å²) in [6.45, 7) is 1.60. The van der Waals surface area contributed by atoms with Gasteiger partial charge < -0.3 is 20.1 Å². The number of benzene rings is 2. The number of nitrogens with one attached hydrogen (secondary N) is 2. The Morgan fingerprint density at radius 1 is 1.21 bits per heavy atom. The number of piperidine rings is 1. The van der Waals surface area contributed by atoms with Crippen molar-refractivity contribution in [2.45, 2.75) is 18.9 Å². The maximum atomic E-state index is 12.7. The largest absolute Gasteiger partial charge is 0.497 e. The van der Waals surface area contributed by atoms with Crippen molar-refractivity contribution >= 4 is 24.0 Å². The third-order valence-corrected chi connectivity index (χ3v) is 4.34. The fourth-order valence-electron chi connectivity index (χ4n) is 2.91. The van der Waals surface area contributed by atoms with Crippen molar-refractivity contribution in [1.82, 2.24) is 10.6 Å². The zero-order valence-electron chi connectivity index (χ0n) is 15.3. The zero-order chi connectivity index (χ0) is 19.2. The Kier molecular flexibility index (Phi) is 7.60. The summed E-state index contributed by atoms with van der Waals surface area (Å²) < 4.78 is 10.9. The van der Waals surface area contributed by atoms with E-state index in [-0.39, 0.29) is 35.4 Å². The van der Waals surface area contributed by atoms with Crippen LogP contribution >= 0.6 is 12.4 Å². The van der Waals surface area contributed by atoms with Gasteiger partial charge in [0.25, 0.3) is 11.6 Å². The normalized spacial score (nSPS) is 15.8. The van der Waals surface area contributed by atoms with Crippen LogP contribution in [-0.2, 0) is 0 Å². The van der Waals surface area contributed by atoms with Crippen LogP contribution in [0.25, 0.3) is 0 Å². The molecule has 28 heavy (non-hydrogen) atoms. The van der Waals surface area contributed by atoms with Gasteiger partial charge in [-0.1, -0.05) is 0 Å². The average molecular weight is 408 g/mol. The Morgan fingerprint density at radius 2 is 1.93 bits per heavy atom. The number of rotatable bonds is 6. The number of hydrogen-bond acceptors (Lipinski definition) is 6. The molecule has 1 heterocycles. The average Bonchev–Trinajstić information content (AvgIpc) is 2.69. The minimum Gasteiger partial charge on any atom is -0.497 e. The van der Waals surface area contributed by atoms with Crippen LogP contribution in [0.15, 0.2) is 42.5 Å². The van der Waals surface area contributed by atoms with Gasteiger partial charge in [0.05, 0.1) is 17.6 Å². The Morgan fingerprint density at radius 3 is 2.54 bits per heavy atom. The molecule has 3 rings (SSSR count). The van der Waals surface area contributed by atoms with Crippen molar-refractivity contribution in [3.8, 4) is 17.2 Å². The van der Waals surface area contributed by atoms with Crippen molar-refractivity contribution in [2.24, 2.45) is 0 Å². The molecule has 8 nitrogen and oxygen atoms in total. The first-order valence-corrected chi connectivity index (χ1v) is 8.69. The summed E-state index contributed by atoms with van der Waals surface area (Å²) in [5, 5.41) is 17.3. The molecule has 0 saturated carbocycles. The SMILES string of the molecule is COc1ccc(Oc2ccc([N+](=O)[O-])cc2C(=O)N[C@H]2CCCNC2)cc1.Cl. The predicted molar refractivity (Wildman–Crippen MR) is 107 cm³/mol. The number of methoxy groups -OCH3 is 1. The highest BCUT2D eigenvalue weighted by Crippen LogP contribution is 2.30. The second kappa shape index (κ2) is 9.91. The molecule has 0 unspecified atom stereocenters. The highest BCUT2D eigenvalue weighted by Gasteiger charge is 2.22. The van der Waals surface area contributed by atoms with Crippen LogP contribution in [0.2, 0.25) is 0 Å². The summed E-state index contributed by atoms with van der Waals surface area (Å²) in [5.74, 6) is 1.04. The maximum Gasteiger partial charge on any atom is 0.270 e. The lowest BCUT2D eigenvalue weighted by Crippen LogP contribution is -2.45. The number of amides is 1. The van der Waals surface area contributed by atoms with Crippen molar-refractivity contribution in [3.05, 3.63) is 58.1 Å². The first kappa shape index (κ1) is 21.5. The molecule has 0 bridgehead atoms. The highest BCUT2D eigenvalue weighted by molar-refractivity contribution is 5.98. The van der Waals surface area contributed by atoms with Gasteiger partial charge in [-0.3, -0.25) is 14.9 Å². The van der Waals surface area contributed by atoms with Crippen molar-refractivity contribution in [2.75, 3.05) is 20.2 Å². The second-order valence-corrected chi connectivity index (χ2v) is 6.23. The van der Waals surface area contributed by atoms with Gasteiger partial charge in [0.1, 0.15) is 17.2 Å². The fraction of sp³-hybridized carbons (Fsp3) is 0.316. The van der Waals surface area contributed by atoms with Gasteiger partial charge in [0.2, 0.25) is 0 Å². The van der Waals surface area contributed by atoms with Crippen LogP contribution in [0.1, 0.15) is 23.2 Å². The van der Waals surface area contributed by atoms with Crippen LogP contribution in [0.3, 0.4) is 0 Å². The van der Waals surface area contributed by atoms with E-state index in [9.17, 15) is 14.9 Å². The van der Waals surface area contributed by atoms with Crippen LogP contribution in [0, 0.1) is 10.1 Å². The lowest BCUT2D eigenvalue weighted by molar-refractivity contribution is -0.384. The molecule has 1 fully saturated rings. The van der Waals surface area contributed by atoms with Gasteiger partial charge in [-0.25, -0.2) is 0 Å². The van der Waals surface area contributed by atoms with Crippen LogP contribution in [0.5, 0.6) is 17.2 Å². The van der Waals surface area contributed by atoms with Crippen molar-refractivity contribution in [1.29, 1.82) is 0 Å². The number of carbonyl (C=O) groups is 1. The molecule has 1 saturated heterocycles. The molecular weight excluding hydrogens is 386 g/mol. The van der Waals surface area contributed by atoms with Gasteiger partial charge in [0.15, 0.2) is 0 Å². The lowest BCUT2D eigenvalue weighted by atomic mass is 10.1. The molecule has 9 heteroatoms. The third kappa shape index (κ3) is 5.34. The van der Waals surface area contributed by atoms with Gasteiger partial charge in [-0.15, -0.1) is 12.4 Å². The molecule has 1 aliphatic heterocycles. The molecule has 1 aliphatic rings. The van der Waals surface area contributed by atoms with E-state index in [4.69, 9.17) is 9.47 Å². The van der Waals surface area contributed by atoms with E-state index >= 15 is 0 Å². The molecule has 0 spiro atoms. The standard InChI is InChI=1S/C19H21N3O5.ClH/c1-26-15-5-7-16(8-6-15)27-18-9-4-14(22(24)25)11-17(18)19(23)21-13-3-2-10-20-12-13;/h4-9,11,13,20H,2-3,10,12H2,1H3,(H,21,23);1H/t13-;/m0./s1. The van der Waals surface area contributed by atoms with E-state index in [0.29, 0.717) is 18.0 Å². The van der Waals surface area contributed by atoms with E-state index < -0.39 is 10.8 Å². The van der Waals surface area contributed by atoms with Gasteiger partial charge in [-0.05, 0) is 49.7 Å². The molecule has 2 aromatic rings. The first-order valence-electron chi connectivity index (χ1n) is 8.69. The Labute approximate surface area is 168 Å². The predicted octanol–water partition coefficient (Wildman–Crippen LogP) is 3.30. The summed E-state index contributed by atoms with van der Waals surface area (Å²) in [5.41, 5.74) is -0.0328. The summed E-state index contributed by atoms with van der Waals surface area (Å²) in [6.07, 6.45) is 1.83. The van der Waals surface area contributed by atoms with E-state index in [1.54, 1.807) is 31.4 Å². The monoisotopic (exact) mass is 407 g/mol. The van der Waals surface area contributed by atoms with Crippen LogP contribution < -0.4 is 20.1 Å². The van der Waals surface area contributed by atoms with E-state index in [2.05, 4.69) is 10.6 Å². The lowest BCUT2D eigenvalue weighted by Gasteiger charge is -2.24. The summed E-state index contributed by atoms with van der Waals surface area (Å²) >= 11 is 0. The van der Waals surface area contributed by atoms with E-state index in [0.717, 1.165) is 19.4 Å². The van der Waals surface area contributed by atoms with E-state index in [1.165, 1.54) is 18.2 Å². The molecule has 0 aromatic heterocycles. The molecule has 0 radical (unpaired) electrons. The molecule has 2 N–H and O–H groups in total. The van der Waals surface area contributed by atoms with E-state index in [1.807, 2.05) is 0 Å². The van der Waals surface area contributed by atoms with Gasteiger partial charge in [0, 0.05) is 24.7 Å². The fourth-order valence-corrected chi connectivity index (χ4v) is 2.91. The molecule has 1 amide bonds. The van der Waals surface area contributed by atoms with Crippen molar-refractivity contribution in [3.63, 3.8) is 0 Å². The number of ether oxygens (including phenoxy) is 2. The number of nitro groups is 1. The number of hydrogen-bond donors (Lipinski definition) is 2. The second-order valence-electron chi connectivity index (χ2n) is 6.23. The third-order valence-electron chi connectivity index (χ3n) is 4.34. The molecule has 0 aliphatic carbocycles. The smallest absolute Gasteiger partial charge is 0.270 e. The van der Waals surface area contributed by atoms with Crippen molar-refractivity contribution < 1.29 is 19.2 Å². The number of non-ortho nitro benzene ring substituents is 1. The summed E-state index contributed by atoms with van der Waals surface area (Å²) in [4.78, 5) is 23.3. The van der Waals surface area contributed by atoms with Crippen LogP contribution in [0.4, 0.5) is 5.69 Å². The molecule has 150 valence electrons. The zero-order valence-corrected chi connectivity index (χ0v) is 16.2. The minimum absolute atomic E-state index is 0. The molecule has 2 aromatic carbocycles. The van der Waals surface area contributed by atoms with Crippen LogP contribution in [-0.4, -0.2) is 37.1 Å². The number of nitrogens with zero attached hydrogens (tertiary/aromatic N) is 1. The summed E-state index contributed by atoms with van der Waals surface area (Å²) in [7, 11) is 1.56. The Bertz CT molecular complexity index is 823. The number of halogens is 1. The summed E-state index contributed by atoms with van der Waals surface area (Å²) in [6, 6.07) is 10.8. The number of nitro benzene ring substituents is 1. The minimum atomic E-state index is -0.532. The van der Waals surface area contributed by atoms with Gasteiger partial charge >= 0.3 is 0 Å². The Balaban J connectivity index is 0.00000280. The Hall–Kier alpha value is -2.84. The quantitative estimate of drug-likeness (QED) is 0.562. The first-order chi connectivity index (χ1) is 13.1. The highest BCUT2D eigenvalue weighted by atomic mass is 35.5. The maximum absolute atomic E-state index is 12.7.